The summed E-state index contributed by atoms with van der Waals surface area (Å²) < 4.78 is 110. The lowest BCUT2D eigenvalue weighted by atomic mass is 9.94. The summed E-state index contributed by atoms with van der Waals surface area (Å²) in [6, 6.07) is 4.27. The largest absolute Gasteiger partial charge is 0.492 e. The van der Waals surface area contributed by atoms with Gasteiger partial charge >= 0.3 is 11.5 Å². The quantitative estimate of drug-likeness (QED) is 0.363. The molecule has 1 aliphatic rings. The highest BCUT2D eigenvalue weighted by Gasteiger charge is 2.52. The molecule has 3 rings (SSSR count). The van der Waals surface area contributed by atoms with Crippen LogP contribution < -0.4 is 4.72 Å². The highest BCUT2D eigenvalue weighted by Crippen LogP contribution is 2.33. The number of alkyl halides is 4. The zero-order valence-corrected chi connectivity index (χ0v) is 22.2. The van der Waals surface area contributed by atoms with Gasteiger partial charge in [0.15, 0.2) is 5.60 Å². The van der Waals surface area contributed by atoms with Crippen molar-refractivity contribution in [1.82, 2.24) is 9.62 Å². The molecule has 1 unspecified atom stereocenters. The molecule has 2 aromatic carbocycles. The van der Waals surface area contributed by atoms with Crippen LogP contribution in [0.15, 0.2) is 36.4 Å². The van der Waals surface area contributed by atoms with Gasteiger partial charge in [-0.2, -0.15) is 13.2 Å². The van der Waals surface area contributed by atoms with Crippen molar-refractivity contribution in [2.75, 3.05) is 6.54 Å². The zero-order valence-electron chi connectivity index (χ0n) is 21.4. The summed E-state index contributed by atoms with van der Waals surface area (Å²) in [4.78, 5) is 25.6. The van der Waals surface area contributed by atoms with E-state index in [1.807, 2.05) is 0 Å². The first kappa shape index (κ1) is 30.4. The predicted molar refractivity (Wildman–Crippen MR) is 130 cm³/mol. The molecular formula is C25H27F6N3O4S. The predicted octanol–water partition coefficient (Wildman–Crippen LogP) is 4.81. The van der Waals surface area contributed by atoms with E-state index < -0.39 is 75.8 Å². The Balaban J connectivity index is 2.08. The molecule has 1 heterocycles. The van der Waals surface area contributed by atoms with Gasteiger partial charge in [0.05, 0.1) is 18.6 Å². The van der Waals surface area contributed by atoms with E-state index in [1.165, 1.54) is 48.9 Å². The second kappa shape index (κ2) is 10.8. The maximum atomic E-state index is 15.7. The lowest BCUT2D eigenvalue weighted by molar-refractivity contribution is -0.169. The van der Waals surface area contributed by atoms with Gasteiger partial charge in [-0.1, -0.05) is 24.3 Å². The van der Waals surface area contributed by atoms with E-state index in [9.17, 15) is 31.4 Å². The summed E-state index contributed by atoms with van der Waals surface area (Å²) >= 11 is 0. The van der Waals surface area contributed by atoms with Crippen molar-refractivity contribution in [3.8, 4) is 11.1 Å². The minimum absolute atomic E-state index is 0.0490. The highest BCUT2D eigenvalue weighted by atomic mass is 32.2. The van der Waals surface area contributed by atoms with Crippen molar-refractivity contribution in [3.63, 3.8) is 0 Å². The fourth-order valence-corrected chi connectivity index (χ4v) is 5.40. The molecule has 2 aromatic rings. The number of hydrogen-bond acceptors (Lipinski definition) is 5. The van der Waals surface area contributed by atoms with E-state index in [0.29, 0.717) is 5.56 Å². The second-order valence-corrected chi connectivity index (χ2v) is 11.6. The van der Waals surface area contributed by atoms with Gasteiger partial charge in [0.2, 0.25) is 9.92 Å². The maximum Gasteiger partial charge on any atom is 0.492 e. The molecule has 0 spiro atoms. The van der Waals surface area contributed by atoms with Gasteiger partial charge < -0.3 is 9.64 Å². The van der Waals surface area contributed by atoms with E-state index in [4.69, 9.17) is 9.52 Å². The number of esters is 1. The number of benzene rings is 2. The van der Waals surface area contributed by atoms with Crippen molar-refractivity contribution < 1.29 is 44.9 Å². The van der Waals surface area contributed by atoms with Crippen LogP contribution in [0.4, 0.5) is 26.3 Å². The van der Waals surface area contributed by atoms with Crippen molar-refractivity contribution >= 4 is 21.8 Å². The van der Waals surface area contributed by atoms with Gasteiger partial charge in [-0.3, -0.25) is 9.59 Å². The number of ether oxygens (including phenoxy) is 1. The second-order valence-electron chi connectivity index (χ2n) is 9.79. The van der Waals surface area contributed by atoms with E-state index in [1.54, 1.807) is 6.92 Å². The smallest absolute Gasteiger partial charge is 0.450 e. The normalized spacial score (nSPS) is 21.5. The topological polar surface area (TPSA) is 99.6 Å². The van der Waals surface area contributed by atoms with E-state index in [-0.39, 0.29) is 16.7 Å². The highest BCUT2D eigenvalue weighted by molar-refractivity contribution is 7.91. The molecule has 1 aliphatic heterocycles. The molecule has 4 atom stereocenters. The summed E-state index contributed by atoms with van der Waals surface area (Å²) in [5.41, 5.74) is -6.97. The lowest BCUT2D eigenvalue weighted by Crippen LogP contribution is -2.55. The molecule has 0 bridgehead atoms. The van der Waals surface area contributed by atoms with E-state index in [2.05, 4.69) is 0 Å². The first-order valence-corrected chi connectivity index (χ1v) is 13.2. The maximum absolute atomic E-state index is 15.7. The van der Waals surface area contributed by atoms with Crippen LogP contribution in [0.25, 0.3) is 11.1 Å². The summed E-state index contributed by atoms with van der Waals surface area (Å²) in [7, 11) is -5.56. The Hall–Kier alpha value is -3.13. The van der Waals surface area contributed by atoms with Crippen molar-refractivity contribution in [2.45, 2.75) is 63.5 Å². The molecule has 2 N–H and O–H groups in total. The van der Waals surface area contributed by atoms with Crippen LogP contribution in [0, 0.1) is 23.3 Å². The monoisotopic (exact) mass is 579 g/mol. The Morgan fingerprint density at radius 1 is 1.18 bits per heavy atom. The standard InChI is InChI=1S/C25H27F6N3O4S/c1-13-8-16(10-17(26)9-13)18-7-5-6-15(21(18)28)11-20-22(33-39(32,37)25(29,30)31)19(27)12-34(20)23(36)24(3,4)38-14(2)35/h5-10,19-20,22H,11-12H2,1-4H3,(H2,32,33,37)/t19-,20-,22-,39?/m0/s1. The van der Waals surface area contributed by atoms with E-state index >= 15 is 8.78 Å². The van der Waals surface area contributed by atoms with Gasteiger partial charge in [-0.05, 0) is 56.0 Å². The molecule has 0 saturated carbocycles. The van der Waals surface area contributed by atoms with E-state index in [0.717, 1.165) is 17.9 Å². The molecule has 0 aromatic heterocycles. The van der Waals surface area contributed by atoms with Crippen LogP contribution in [0.1, 0.15) is 31.9 Å². The minimum Gasteiger partial charge on any atom is -0.450 e. The van der Waals surface area contributed by atoms with Crippen LogP contribution in [-0.4, -0.2) is 56.9 Å². The van der Waals surface area contributed by atoms with Gasteiger partial charge in [0, 0.05) is 12.5 Å². The molecule has 214 valence electrons. The average molecular weight is 580 g/mol. The number of carbonyl (C=O) groups excluding carboxylic acids is 2. The fourth-order valence-electron chi connectivity index (χ4n) is 4.58. The number of nitrogens with one attached hydrogen (secondary N) is 2. The van der Waals surface area contributed by atoms with Gasteiger partial charge in [0.25, 0.3) is 5.91 Å². The van der Waals surface area contributed by atoms with Gasteiger partial charge in [-0.15, -0.1) is 0 Å². The summed E-state index contributed by atoms with van der Waals surface area (Å²) in [6.07, 6.45) is -2.81. The third kappa shape index (κ3) is 6.55. The SMILES string of the molecule is CC(=O)OC(C)(C)C(=O)N1C[C@H](F)[C@H](NS(=N)(=O)C(F)(F)F)[C@@H]1Cc1cccc(-c2cc(C)cc(F)c2)c1F. The van der Waals surface area contributed by atoms with Gasteiger partial charge in [-0.25, -0.2) is 26.9 Å². The minimum atomic E-state index is -5.56. The molecule has 1 saturated heterocycles. The number of nitrogens with zero attached hydrogens (tertiary/aromatic N) is 1. The third-order valence-electron chi connectivity index (χ3n) is 6.24. The van der Waals surface area contributed by atoms with Gasteiger partial charge in [0.1, 0.15) is 17.8 Å². The summed E-state index contributed by atoms with van der Waals surface area (Å²) in [5.74, 6) is -3.36. The van der Waals surface area contributed by atoms with Crippen LogP contribution >= 0.6 is 0 Å². The fraction of sp³-hybridized carbons (Fsp3) is 0.440. The van der Waals surface area contributed by atoms with Crippen molar-refractivity contribution in [2.24, 2.45) is 0 Å². The molecular weight excluding hydrogens is 552 g/mol. The lowest BCUT2D eigenvalue weighted by Gasteiger charge is -2.34. The number of halogens is 6. The first-order chi connectivity index (χ1) is 17.8. The van der Waals surface area contributed by atoms with Crippen LogP contribution in [0.2, 0.25) is 0 Å². The molecule has 0 aliphatic carbocycles. The number of amides is 1. The van der Waals surface area contributed by atoms with Crippen molar-refractivity contribution in [1.29, 1.82) is 4.78 Å². The molecule has 0 radical (unpaired) electrons. The molecule has 14 heteroatoms. The Morgan fingerprint density at radius 2 is 1.82 bits per heavy atom. The summed E-state index contributed by atoms with van der Waals surface area (Å²) in [5, 5.41) is 0. The Kier molecular flexibility index (Phi) is 8.42. The van der Waals surface area contributed by atoms with Crippen LogP contribution in [0.5, 0.6) is 0 Å². The Morgan fingerprint density at radius 3 is 2.38 bits per heavy atom. The number of aryl methyl sites for hydroxylation is 1. The number of likely N-dealkylation sites (tertiary alicyclic amines) is 1. The summed E-state index contributed by atoms with van der Waals surface area (Å²) in [6.45, 7) is 4.20. The molecule has 1 amide bonds. The van der Waals surface area contributed by atoms with Crippen LogP contribution in [0.3, 0.4) is 0 Å². The third-order valence-corrected chi connectivity index (χ3v) is 7.50. The number of carbonyl (C=O) groups is 2. The number of hydrogen-bond donors (Lipinski definition) is 2. The molecule has 7 nitrogen and oxygen atoms in total. The Labute approximate surface area is 221 Å². The first-order valence-electron chi connectivity index (χ1n) is 11.7. The zero-order chi connectivity index (χ0) is 29.5. The van der Waals surface area contributed by atoms with Crippen molar-refractivity contribution in [3.05, 3.63) is 59.2 Å². The average Bonchev–Trinajstić information content (AvgIpc) is 3.06. The molecule has 1 fully saturated rings. The number of rotatable bonds is 7. The Bertz CT molecular complexity index is 1360. The molecule has 39 heavy (non-hydrogen) atoms. The van der Waals surface area contributed by atoms with Crippen LogP contribution in [-0.2, 0) is 30.7 Å².